The molecule has 2 rings (SSSR count). The molecule has 0 saturated carbocycles. The minimum absolute atomic E-state index is 0.0381. The highest BCUT2D eigenvalue weighted by Gasteiger charge is 2.30. The second-order valence-electron chi connectivity index (χ2n) is 5.12. The Balaban J connectivity index is 2.26. The zero-order valence-electron chi connectivity index (χ0n) is 12.2. The number of aromatic carboxylic acids is 1. The zero-order chi connectivity index (χ0) is 15.4. The highest BCUT2D eigenvalue weighted by molar-refractivity contribution is 5.87. The molecule has 1 aliphatic carbocycles. The van der Waals surface area contributed by atoms with E-state index in [1.54, 1.807) is 11.6 Å². The van der Waals surface area contributed by atoms with Crippen molar-refractivity contribution < 1.29 is 19.4 Å². The van der Waals surface area contributed by atoms with Crippen molar-refractivity contribution in [2.45, 2.75) is 45.1 Å². The van der Waals surface area contributed by atoms with Crippen molar-refractivity contribution in [1.29, 1.82) is 0 Å². The Morgan fingerprint density at radius 2 is 2.29 bits per heavy atom. The lowest BCUT2D eigenvalue weighted by molar-refractivity contribution is -0.143. The summed E-state index contributed by atoms with van der Waals surface area (Å²) in [4.78, 5) is 22.8. The largest absolute Gasteiger partial charge is 0.476 e. The summed E-state index contributed by atoms with van der Waals surface area (Å²) in [5, 5.41) is 13.5. The van der Waals surface area contributed by atoms with Gasteiger partial charge in [-0.3, -0.25) is 9.48 Å². The lowest BCUT2D eigenvalue weighted by Gasteiger charge is -2.22. The molecule has 1 heterocycles. The minimum atomic E-state index is -1.04. The first kappa shape index (κ1) is 15.5. The van der Waals surface area contributed by atoms with Gasteiger partial charge in [0.1, 0.15) is 0 Å². The maximum atomic E-state index is 11.4. The second kappa shape index (κ2) is 6.71. The van der Waals surface area contributed by atoms with Crippen LogP contribution in [-0.2, 0) is 22.5 Å². The van der Waals surface area contributed by atoms with Crippen LogP contribution in [0.1, 0.15) is 53.8 Å². The predicted molar refractivity (Wildman–Crippen MR) is 75.2 cm³/mol. The molecule has 116 valence electrons. The topological polar surface area (TPSA) is 107 Å². The van der Waals surface area contributed by atoms with Crippen LogP contribution in [0.3, 0.4) is 0 Å². The van der Waals surface area contributed by atoms with Crippen LogP contribution in [-0.4, -0.2) is 40.0 Å². The molecule has 0 amide bonds. The number of carboxylic acids is 1. The number of ether oxygens (including phenoxy) is 1. The highest BCUT2D eigenvalue weighted by Crippen LogP contribution is 2.33. The summed E-state index contributed by atoms with van der Waals surface area (Å²) < 4.78 is 6.52. The molecule has 21 heavy (non-hydrogen) atoms. The molecule has 0 bridgehead atoms. The van der Waals surface area contributed by atoms with E-state index in [-0.39, 0.29) is 24.0 Å². The molecule has 1 aromatic heterocycles. The van der Waals surface area contributed by atoms with E-state index < -0.39 is 5.97 Å². The molecule has 0 fully saturated rings. The number of carbonyl (C=O) groups is 2. The number of rotatable bonds is 6. The summed E-state index contributed by atoms with van der Waals surface area (Å²) in [6, 6.07) is 0. The number of aromatic nitrogens is 2. The summed E-state index contributed by atoms with van der Waals surface area (Å²) in [5.74, 6) is -1.30. The van der Waals surface area contributed by atoms with Gasteiger partial charge in [0.05, 0.1) is 19.6 Å². The van der Waals surface area contributed by atoms with Gasteiger partial charge in [0.2, 0.25) is 0 Å². The Labute approximate surface area is 123 Å². The van der Waals surface area contributed by atoms with Gasteiger partial charge >= 0.3 is 11.9 Å². The fraction of sp³-hybridized carbons (Fsp3) is 0.643. The van der Waals surface area contributed by atoms with E-state index in [2.05, 4.69) is 5.10 Å². The van der Waals surface area contributed by atoms with Gasteiger partial charge in [0.15, 0.2) is 5.69 Å². The Morgan fingerprint density at radius 1 is 1.52 bits per heavy atom. The van der Waals surface area contributed by atoms with Crippen molar-refractivity contribution >= 4 is 11.9 Å². The summed E-state index contributed by atoms with van der Waals surface area (Å²) in [5.41, 5.74) is 7.48. The Hall–Kier alpha value is -1.89. The molecule has 0 aliphatic heterocycles. The minimum Gasteiger partial charge on any atom is -0.476 e. The third-order valence-electron chi connectivity index (χ3n) is 3.79. The number of esters is 1. The first-order chi connectivity index (χ1) is 10.1. The zero-order valence-corrected chi connectivity index (χ0v) is 12.2. The number of aryl methyl sites for hydroxylation is 1. The third-order valence-corrected chi connectivity index (χ3v) is 3.79. The van der Waals surface area contributed by atoms with Gasteiger partial charge in [-0.05, 0) is 32.7 Å². The fourth-order valence-electron chi connectivity index (χ4n) is 2.87. The number of nitrogens with zero attached hydrogens (tertiary/aromatic N) is 2. The fourth-order valence-corrected chi connectivity index (χ4v) is 2.87. The SMILES string of the molecule is CCOC(=O)CCn1nc(C(=O)O)c2c1CCCC2CN. The van der Waals surface area contributed by atoms with Crippen molar-refractivity contribution in [2.24, 2.45) is 5.73 Å². The Morgan fingerprint density at radius 3 is 2.90 bits per heavy atom. The van der Waals surface area contributed by atoms with Crippen LogP contribution in [0.4, 0.5) is 0 Å². The van der Waals surface area contributed by atoms with E-state index >= 15 is 0 Å². The molecule has 0 saturated heterocycles. The van der Waals surface area contributed by atoms with Gasteiger partial charge in [-0.15, -0.1) is 0 Å². The highest BCUT2D eigenvalue weighted by atomic mass is 16.5. The molecule has 0 radical (unpaired) electrons. The van der Waals surface area contributed by atoms with Gasteiger partial charge in [-0.2, -0.15) is 5.10 Å². The lowest BCUT2D eigenvalue weighted by atomic mass is 9.85. The standard InChI is InChI=1S/C14H21N3O4/c1-2-21-11(18)6-7-17-10-5-3-4-9(8-15)12(10)13(16-17)14(19)20/h9H,2-8,15H2,1H3,(H,19,20). The Kier molecular flexibility index (Phi) is 4.95. The predicted octanol–water partition coefficient (Wildman–Crippen LogP) is 0.913. The molecule has 7 heteroatoms. The van der Waals surface area contributed by atoms with Crippen molar-refractivity contribution in [3.63, 3.8) is 0 Å². The third kappa shape index (κ3) is 3.24. The molecule has 0 aromatic carbocycles. The van der Waals surface area contributed by atoms with E-state index in [0.717, 1.165) is 30.5 Å². The van der Waals surface area contributed by atoms with E-state index in [0.29, 0.717) is 19.7 Å². The summed E-state index contributed by atoms with van der Waals surface area (Å²) >= 11 is 0. The average molecular weight is 295 g/mol. The number of fused-ring (bicyclic) bond motifs is 1. The van der Waals surface area contributed by atoms with Crippen molar-refractivity contribution in [1.82, 2.24) is 9.78 Å². The maximum absolute atomic E-state index is 11.4. The van der Waals surface area contributed by atoms with Crippen LogP contribution < -0.4 is 5.73 Å². The van der Waals surface area contributed by atoms with Gasteiger partial charge in [0, 0.05) is 17.2 Å². The lowest BCUT2D eigenvalue weighted by Crippen LogP contribution is -2.21. The van der Waals surface area contributed by atoms with Crippen LogP contribution in [0.15, 0.2) is 0 Å². The molecule has 1 unspecified atom stereocenters. The Bertz CT molecular complexity index is 539. The first-order valence-corrected chi connectivity index (χ1v) is 7.27. The van der Waals surface area contributed by atoms with Gasteiger partial charge in [-0.1, -0.05) is 0 Å². The molecule has 1 aliphatic rings. The first-order valence-electron chi connectivity index (χ1n) is 7.27. The van der Waals surface area contributed by atoms with Crippen molar-refractivity contribution in [2.75, 3.05) is 13.2 Å². The molecular formula is C14H21N3O4. The second-order valence-corrected chi connectivity index (χ2v) is 5.12. The normalized spacial score (nSPS) is 17.3. The number of carboxylic acid groups (broad SMARTS) is 1. The maximum Gasteiger partial charge on any atom is 0.356 e. The van der Waals surface area contributed by atoms with Crippen LogP contribution in [0, 0.1) is 0 Å². The number of hydrogen-bond donors (Lipinski definition) is 2. The summed E-state index contributed by atoms with van der Waals surface area (Å²) in [6.07, 6.45) is 2.80. The van der Waals surface area contributed by atoms with Crippen LogP contribution in [0.2, 0.25) is 0 Å². The van der Waals surface area contributed by atoms with E-state index in [9.17, 15) is 14.7 Å². The van der Waals surface area contributed by atoms with Crippen molar-refractivity contribution in [3.05, 3.63) is 17.0 Å². The number of nitrogens with two attached hydrogens (primary N) is 1. The molecule has 1 aromatic rings. The van der Waals surface area contributed by atoms with E-state index in [1.807, 2.05) is 0 Å². The van der Waals surface area contributed by atoms with Crippen LogP contribution >= 0.6 is 0 Å². The summed E-state index contributed by atoms with van der Waals surface area (Å²) in [7, 11) is 0. The van der Waals surface area contributed by atoms with Gasteiger partial charge in [-0.25, -0.2) is 4.79 Å². The quantitative estimate of drug-likeness (QED) is 0.755. The number of hydrogen-bond acceptors (Lipinski definition) is 5. The average Bonchev–Trinajstić information content (AvgIpc) is 2.84. The smallest absolute Gasteiger partial charge is 0.356 e. The molecular weight excluding hydrogens is 274 g/mol. The molecule has 1 atom stereocenters. The van der Waals surface area contributed by atoms with Gasteiger partial charge in [0.25, 0.3) is 0 Å². The van der Waals surface area contributed by atoms with E-state index in [1.165, 1.54) is 0 Å². The summed E-state index contributed by atoms with van der Waals surface area (Å²) in [6.45, 7) is 2.84. The van der Waals surface area contributed by atoms with Crippen LogP contribution in [0.25, 0.3) is 0 Å². The number of carbonyl (C=O) groups excluding carboxylic acids is 1. The molecule has 7 nitrogen and oxygen atoms in total. The van der Waals surface area contributed by atoms with E-state index in [4.69, 9.17) is 10.5 Å². The molecule has 3 N–H and O–H groups in total. The monoisotopic (exact) mass is 295 g/mol. The van der Waals surface area contributed by atoms with Crippen molar-refractivity contribution in [3.8, 4) is 0 Å². The van der Waals surface area contributed by atoms with Gasteiger partial charge < -0.3 is 15.6 Å². The van der Waals surface area contributed by atoms with Crippen LogP contribution in [0.5, 0.6) is 0 Å². The molecule has 0 spiro atoms.